The third kappa shape index (κ3) is 1.52. The van der Waals surface area contributed by atoms with Gasteiger partial charge in [0.1, 0.15) is 0 Å². The maximum Gasteiger partial charge on any atom is 0.159 e. The predicted octanol–water partition coefficient (Wildman–Crippen LogP) is 0.871. The van der Waals surface area contributed by atoms with Gasteiger partial charge in [-0.05, 0) is 31.0 Å². The molecule has 1 aliphatic carbocycles. The van der Waals surface area contributed by atoms with Gasteiger partial charge in [0.2, 0.25) is 0 Å². The van der Waals surface area contributed by atoms with E-state index in [1.54, 1.807) is 6.07 Å². The van der Waals surface area contributed by atoms with Crippen LogP contribution in [0.2, 0.25) is 0 Å². The molecule has 16 heavy (non-hydrogen) atoms. The Bertz CT molecular complexity index is 576. The molecule has 3 rings (SSSR count). The number of hydrogen-bond donors (Lipinski definition) is 0. The largest absolute Gasteiger partial charge is 0.545 e. The molecule has 0 radical (unpaired) electrons. The lowest BCUT2D eigenvalue weighted by atomic mass is 10.2. The van der Waals surface area contributed by atoms with Crippen molar-refractivity contribution >= 4 is 17.0 Å². The molecule has 0 unspecified atom stereocenters. The topological polar surface area (TPSA) is 65.9 Å². The third-order valence-corrected chi connectivity index (χ3v) is 2.80. The zero-order valence-corrected chi connectivity index (χ0v) is 8.51. The van der Waals surface area contributed by atoms with Gasteiger partial charge in [-0.2, -0.15) is 0 Å². The first kappa shape index (κ1) is 9.27. The second-order valence-electron chi connectivity index (χ2n) is 4.07. The van der Waals surface area contributed by atoms with Crippen molar-refractivity contribution in [2.24, 2.45) is 0 Å². The van der Waals surface area contributed by atoms with Crippen molar-refractivity contribution in [2.45, 2.75) is 18.8 Å². The minimum absolute atomic E-state index is 0.0912. The molecule has 2 aromatic heterocycles. The molecule has 80 valence electrons. The molecule has 0 N–H and O–H groups in total. The molecule has 1 aliphatic rings. The van der Waals surface area contributed by atoms with Gasteiger partial charge in [0.25, 0.3) is 0 Å². The van der Waals surface area contributed by atoms with Crippen molar-refractivity contribution < 1.29 is 9.90 Å². The fourth-order valence-electron chi connectivity index (χ4n) is 1.74. The number of aromatic carboxylic acids is 1. The first-order chi connectivity index (χ1) is 7.74. The molecule has 4 nitrogen and oxygen atoms in total. The van der Waals surface area contributed by atoms with Crippen LogP contribution in [0.15, 0.2) is 24.4 Å². The summed E-state index contributed by atoms with van der Waals surface area (Å²) in [6, 6.07) is 5.36. The number of carbonyl (C=O) groups excluding carboxylic acids is 1. The molecular formula is C12H9N2O2-. The van der Waals surface area contributed by atoms with Crippen LogP contribution in [0.1, 0.15) is 34.8 Å². The number of fused-ring (bicyclic) bond motifs is 1. The summed E-state index contributed by atoms with van der Waals surface area (Å²) in [6.45, 7) is 0. The van der Waals surface area contributed by atoms with Crippen LogP contribution in [0.4, 0.5) is 0 Å². The summed E-state index contributed by atoms with van der Waals surface area (Å²) < 4.78 is 0. The van der Waals surface area contributed by atoms with Gasteiger partial charge in [-0.15, -0.1) is 0 Å². The van der Waals surface area contributed by atoms with E-state index in [1.807, 2.05) is 12.1 Å². The molecule has 4 heteroatoms. The standard InChI is InChI=1S/C12H10N2O2/c15-12(16)9-5-8-3-4-10(7-1-2-7)14-11(8)13-6-9/h3-7H,1-2H2,(H,15,16)/p-1. The highest BCUT2D eigenvalue weighted by molar-refractivity contribution is 5.90. The summed E-state index contributed by atoms with van der Waals surface area (Å²) >= 11 is 0. The number of carbonyl (C=O) groups is 1. The zero-order chi connectivity index (χ0) is 11.1. The van der Waals surface area contributed by atoms with Gasteiger partial charge in [0, 0.05) is 28.8 Å². The Balaban J connectivity index is 2.12. The van der Waals surface area contributed by atoms with Crippen molar-refractivity contribution in [3.05, 3.63) is 35.7 Å². The Hall–Kier alpha value is -1.97. The van der Waals surface area contributed by atoms with E-state index in [-0.39, 0.29) is 5.56 Å². The van der Waals surface area contributed by atoms with Gasteiger partial charge in [-0.25, -0.2) is 9.97 Å². The summed E-state index contributed by atoms with van der Waals surface area (Å²) in [4.78, 5) is 19.1. The van der Waals surface area contributed by atoms with Gasteiger partial charge < -0.3 is 9.90 Å². The van der Waals surface area contributed by atoms with Crippen molar-refractivity contribution in [1.82, 2.24) is 9.97 Å². The first-order valence-corrected chi connectivity index (χ1v) is 5.22. The molecule has 0 bridgehead atoms. The Kier molecular flexibility index (Phi) is 1.89. The van der Waals surface area contributed by atoms with Crippen LogP contribution in [0.25, 0.3) is 11.0 Å². The van der Waals surface area contributed by atoms with E-state index >= 15 is 0 Å². The molecule has 2 heterocycles. The van der Waals surface area contributed by atoms with E-state index in [1.165, 1.54) is 19.0 Å². The highest BCUT2D eigenvalue weighted by Crippen LogP contribution is 2.39. The average Bonchev–Trinajstić information content (AvgIpc) is 3.11. The van der Waals surface area contributed by atoms with Gasteiger partial charge in [0.05, 0.1) is 5.97 Å². The van der Waals surface area contributed by atoms with Crippen LogP contribution >= 0.6 is 0 Å². The van der Waals surface area contributed by atoms with E-state index < -0.39 is 5.97 Å². The van der Waals surface area contributed by atoms with Gasteiger partial charge in [-0.3, -0.25) is 0 Å². The van der Waals surface area contributed by atoms with E-state index in [4.69, 9.17) is 0 Å². The molecule has 2 aromatic rings. The molecule has 0 atom stereocenters. The highest BCUT2D eigenvalue weighted by Gasteiger charge is 2.24. The number of hydrogen-bond acceptors (Lipinski definition) is 4. The van der Waals surface area contributed by atoms with Crippen LogP contribution in [0.3, 0.4) is 0 Å². The Morgan fingerprint density at radius 3 is 2.88 bits per heavy atom. The zero-order valence-electron chi connectivity index (χ0n) is 8.51. The lowest BCUT2D eigenvalue weighted by Gasteiger charge is -2.04. The van der Waals surface area contributed by atoms with E-state index in [0.29, 0.717) is 11.6 Å². The Morgan fingerprint density at radius 2 is 2.19 bits per heavy atom. The number of rotatable bonds is 2. The van der Waals surface area contributed by atoms with Crippen LogP contribution in [-0.2, 0) is 0 Å². The summed E-state index contributed by atoms with van der Waals surface area (Å²) in [5, 5.41) is 11.4. The molecule has 0 saturated heterocycles. The van der Waals surface area contributed by atoms with Gasteiger partial charge in [-0.1, -0.05) is 0 Å². The van der Waals surface area contributed by atoms with Crippen LogP contribution in [0, 0.1) is 0 Å². The minimum atomic E-state index is -1.21. The Labute approximate surface area is 92.0 Å². The fourth-order valence-corrected chi connectivity index (χ4v) is 1.74. The van der Waals surface area contributed by atoms with Crippen molar-refractivity contribution in [2.75, 3.05) is 0 Å². The van der Waals surface area contributed by atoms with Crippen molar-refractivity contribution in [1.29, 1.82) is 0 Å². The second kappa shape index (κ2) is 3.27. The molecule has 1 saturated carbocycles. The second-order valence-corrected chi connectivity index (χ2v) is 4.07. The quantitative estimate of drug-likeness (QED) is 0.742. The lowest BCUT2D eigenvalue weighted by Crippen LogP contribution is -2.22. The molecule has 0 spiro atoms. The fraction of sp³-hybridized carbons (Fsp3) is 0.250. The van der Waals surface area contributed by atoms with Crippen molar-refractivity contribution in [3.63, 3.8) is 0 Å². The molecule has 0 amide bonds. The number of nitrogens with zero attached hydrogens (tertiary/aromatic N) is 2. The van der Waals surface area contributed by atoms with E-state index in [2.05, 4.69) is 9.97 Å². The molecule has 1 fully saturated rings. The van der Waals surface area contributed by atoms with Crippen LogP contribution < -0.4 is 5.11 Å². The molecule has 0 aromatic carbocycles. The number of carboxylic acids is 1. The van der Waals surface area contributed by atoms with Gasteiger partial charge >= 0.3 is 0 Å². The average molecular weight is 213 g/mol. The van der Waals surface area contributed by atoms with Crippen LogP contribution in [-0.4, -0.2) is 15.9 Å². The van der Waals surface area contributed by atoms with E-state index in [0.717, 1.165) is 11.1 Å². The smallest absolute Gasteiger partial charge is 0.159 e. The van der Waals surface area contributed by atoms with Crippen molar-refractivity contribution in [3.8, 4) is 0 Å². The summed E-state index contributed by atoms with van der Waals surface area (Å²) in [5.74, 6) is -0.632. The summed E-state index contributed by atoms with van der Waals surface area (Å²) in [7, 11) is 0. The third-order valence-electron chi connectivity index (χ3n) is 2.80. The maximum absolute atomic E-state index is 10.7. The Morgan fingerprint density at radius 1 is 1.38 bits per heavy atom. The van der Waals surface area contributed by atoms with E-state index in [9.17, 15) is 9.90 Å². The maximum atomic E-state index is 10.7. The number of aromatic nitrogens is 2. The predicted molar refractivity (Wildman–Crippen MR) is 55.8 cm³/mol. The monoisotopic (exact) mass is 213 g/mol. The first-order valence-electron chi connectivity index (χ1n) is 5.22. The SMILES string of the molecule is O=C([O-])c1cnc2nc(C3CC3)ccc2c1. The minimum Gasteiger partial charge on any atom is -0.545 e. The lowest BCUT2D eigenvalue weighted by molar-refractivity contribution is -0.255. The number of carboxylic acid groups (broad SMARTS) is 1. The molecular weight excluding hydrogens is 204 g/mol. The van der Waals surface area contributed by atoms with Gasteiger partial charge in [0.15, 0.2) is 5.65 Å². The normalized spacial score (nSPS) is 15.2. The highest BCUT2D eigenvalue weighted by atomic mass is 16.4. The summed E-state index contributed by atoms with van der Waals surface area (Å²) in [5.41, 5.74) is 1.75. The summed E-state index contributed by atoms with van der Waals surface area (Å²) in [6.07, 6.45) is 3.67. The van der Waals surface area contributed by atoms with Crippen LogP contribution in [0.5, 0.6) is 0 Å². The number of pyridine rings is 2. The molecule has 0 aliphatic heterocycles.